The van der Waals surface area contributed by atoms with Crippen molar-refractivity contribution in [3.63, 3.8) is 0 Å². The Labute approximate surface area is 187 Å². The normalized spacial score (nSPS) is 11.2. The molecule has 4 rings (SSSR count). The summed E-state index contributed by atoms with van der Waals surface area (Å²) in [6.07, 6.45) is 1.91. The van der Waals surface area contributed by atoms with E-state index in [9.17, 15) is 4.79 Å². The van der Waals surface area contributed by atoms with Crippen LogP contribution >= 0.6 is 23.1 Å². The van der Waals surface area contributed by atoms with Crippen molar-refractivity contribution >= 4 is 33.3 Å². The third kappa shape index (κ3) is 4.59. The molecule has 0 saturated carbocycles. The first-order valence-electron chi connectivity index (χ1n) is 9.79. The lowest BCUT2D eigenvalue weighted by Crippen LogP contribution is -2.22. The second-order valence-corrected chi connectivity index (χ2v) is 8.60. The Morgan fingerprint density at radius 1 is 1.16 bits per heavy atom. The number of ether oxygens (including phenoxy) is 2. The number of thiophene rings is 1. The van der Waals surface area contributed by atoms with Crippen LogP contribution in [0, 0.1) is 0 Å². The van der Waals surface area contributed by atoms with Crippen molar-refractivity contribution in [2.75, 3.05) is 14.2 Å². The van der Waals surface area contributed by atoms with E-state index < -0.39 is 0 Å². The topological polar surface area (TPSA) is 92.3 Å². The second-order valence-electron chi connectivity index (χ2n) is 6.74. The Balaban J connectivity index is 1.58. The van der Waals surface area contributed by atoms with Gasteiger partial charge < -0.3 is 14.0 Å². The Morgan fingerprint density at radius 3 is 2.65 bits per heavy atom. The molecule has 0 N–H and O–H groups in total. The summed E-state index contributed by atoms with van der Waals surface area (Å²) in [4.78, 5) is 22.1. The molecule has 10 heteroatoms. The second kappa shape index (κ2) is 9.52. The van der Waals surface area contributed by atoms with Crippen molar-refractivity contribution in [3.8, 4) is 22.9 Å². The molecule has 0 atom stereocenters. The molecule has 0 aliphatic heterocycles. The fraction of sp³-hybridized carbons (Fsp3) is 0.333. The predicted octanol–water partition coefficient (Wildman–Crippen LogP) is 4.62. The molecule has 0 aliphatic carbocycles. The highest BCUT2D eigenvalue weighted by molar-refractivity contribution is 7.98. The van der Waals surface area contributed by atoms with Crippen molar-refractivity contribution < 1.29 is 14.0 Å². The third-order valence-electron chi connectivity index (χ3n) is 4.67. The van der Waals surface area contributed by atoms with Crippen LogP contribution in [0.15, 0.2) is 44.1 Å². The summed E-state index contributed by atoms with van der Waals surface area (Å²) in [5.74, 6) is 2.58. The van der Waals surface area contributed by atoms with Gasteiger partial charge in [0.25, 0.3) is 5.56 Å². The van der Waals surface area contributed by atoms with Gasteiger partial charge >= 0.3 is 0 Å². The number of thioether (sulfide) groups is 1. The summed E-state index contributed by atoms with van der Waals surface area (Å²) in [6.45, 7) is 2.74. The van der Waals surface area contributed by atoms with E-state index in [0.29, 0.717) is 45.4 Å². The molecular weight excluding hydrogens is 436 g/mol. The van der Waals surface area contributed by atoms with Gasteiger partial charge in [0, 0.05) is 18.2 Å². The number of unbranched alkanes of at least 4 members (excludes halogenated alkanes) is 1. The average Bonchev–Trinajstić information content (AvgIpc) is 3.46. The Bertz CT molecular complexity index is 1230. The van der Waals surface area contributed by atoms with E-state index in [1.807, 2.05) is 23.6 Å². The van der Waals surface area contributed by atoms with Crippen molar-refractivity contribution in [3.05, 3.63) is 45.9 Å². The van der Waals surface area contributed by atoms with Gasteiger partial charge in [-0.15, -0.1) is 11.3 Å². The number of nitrogens with zero attached hydrogens (tertiary/aromatic N) is 4. The molecule has 3 aromatic heterocycles. The van der Waals surface area contributed by atoms with E-state index in [0.717, 1.165) is 23.9 Å². The maximum atomic E-state index is 12.9. The zero-order valence-corrected chi connectivity index (χ0v) is 19.1. The van der Waals surface area contributed by atoms with Crippen molar-refractivity contribution in [2.45, 2.75) is 37.2 Å². The lowest BCUT2D eigenvalue weighted by molar-refractivity contribution is 0.390. The van der Waals surface area contributed by atoms with Gasteiger partial charge in [-0.25, -0.2) is 4.98 Å². The standard InChI is InChI=1S/C21H22N4O4S2/c1-4-5-7-25-20(26)18-16(6-8-30-18)22-21(25)31-12-17-23-19(24-29-17)13-9-14(27-2)11-15(10-13)28-3/h6,8-11H,4-5,7,12H2,1-3H3. The minimum absolute atomic E-state index is 0.00523. The fourth-order valence-corrected chi connectivity index (χ4v) is 4.68. The highest BCUT2D eigenvalue weighted by Gasteiger charge is 2.16. The van der Waals surface area contributed by atoms with E-state index in [4.69, 9.17) is 14.0 Å². The molecular formula is C21H22N4O4S2. The van der Waals surface area contributed by atoms with Gasteiger partial charge in [-0.05, 0) is 30.0 Å². The zero-order valence-electron chi connectivity index (χ0n) is 17.5. The van der Waals surface area contributed by atoms with Gasteiger partial charge in [-0.3, -0.25) is 9.36 Å². The van der Waals surface area contributed by atoms with Crippen LogP contribution in [0.3, 0.4) is 0 Å². The molecule has 0 saturated heterocycles. The van der Waals surface area contributed by atoms with Crippen molar-refractivity contribution in [1.82, 2.24) is 19.7 Å². The van der Waals surface area contributed by atoms with Gasteiger partial charge in [0.05, 0.1) is 25.5 Å². The molecule has 0 amide bonds. The smallest absolute Gasteiger partial charge is 0.272 e. The SMILES string of the molecule is CCCCn1c(SCc2nc(-c3cc(OC)cc(OC)c3)no2)nc2ccsc2c1=O. The average molecular weight is 459 g/mol. The molecule has 0 radical (unpaired) electrons. The quantitative estimate of drug-likeness (QED) is 0.265. The molecule has 162 valence electrons. The number of hydrogen-bond donors (Lipinski definition) is 0. The van der Waals surface area contributed by atoms with Crippen LogP contribution in [-0.4, -0.2) is 33.9 Å². The molecule has 0 spiro atoms. The predicted molar refractivity (Wildman–Crippen MR) is 121 cm³/mol. The van der Waals surface area contributed by atoms with Crippen LogP contribution in [0.5, 0.6) is 11.5 Å². The van der Waals surface area contributed by atoms with E-state index in [1.54, 1.807) is 24.9 Å². The van der Waals surface area contributed by atoms with E-state index in [1.165, 1.54) is 23.1 Å². The molecule has 1 aromatic carbocycles. The van der Waals surface area contributed by atoms with Crippen LogP contribution in [0.4, 0.5) is 0 Å². The highest BCUT2D eigenvalue weighted by Crippen LogP contribution is 2.29. The molecule has 0 unspecified atom stereocenters. The Hall–Kier alpha value is -2.85. The molecule has 0 bridgehead atoms. The Morgan fingerprint density at radius 2 is 1.94 bits per heavy atom. The van der Waals surface area contributed by atoms with Gasteiger partial charge in [0.15, 0.2) is 5.16 Å². The highest BCUT2D eigenvalue weighted by atomic mass is 32.2. The number of benzene rings is 1. The van der Waals surface area contributed by atoms with Crippen molar-refractivity contribution in [2.24, 2.45) is 0 Å². The van der Waals surface area contributed by atoms with Gasteiger partial charge in [-0.1, -0.05) is 30.3 Å². The van der Waals surface area contributed by atoms with Gasteiger partial charge in [0.2, 0.25) is 11.7 Å². The summed E-state index contributed by atoms with van der Waals surface area (Å²) in [5, 5.41) is 6.64. The number of aromatic nitrogens is 4. The molecule has 0 aliphatic rings. The summed E-state index contributed by atoms with van der Waals surface area (Å²) in [6, 6.07) is 7.29. The summed E-state index contributed by atoms with van der Waals surface area (Å²) >= 11 is 2.84. The molecule has 31 heavy (non-hydrogen) atoms. The van der Waals surface area contributed by atoms with E-state index in [2.05, 4.69) is 22.0 Å². The van der Waals surface area contributed by atoms with Crippen LogP contribution in [0.1, 0.15) is 25.7 Å². The number of rotatable bonds is 9. The molecule has 4 aromatic rings. The van der Waals surface area contributed by atoms with Crippen LogP contribution in [0.25, 0.3) is 21.6 Å². The van der Waals surface area contributed by atoms with E-state index in [-0.39, 0.29) is 5.56 Å². The van der Waals surface area contributed by atoms with Crippen LogP contribution in [-0.2, 0) is 12.3 Å². The fourth-order valence-electron chi connectivity index (χ4n) is 3.04. The minimum Gasteiger partial charge on any atom is -0.497 e. The molecule has 8 nitrogen and oxygen atoms in total. The van der Waals surface area contributed by atoms with Crippen LogP contribution in [0.2, 0.25) is 0 Å². The minimum atomic E-state index is 0.00523. The lowest BCUT2D eigenvalue weighted by Gasteiger charge is -2.10. The van der Waals surface area contributed by atoms with E-state index >= 15 is 0 Å². The monoisotopic (exact) mass is 458 g/mol. The molecule has 3 heterocycles. The lowest BCUT2D eigenvalue weighted by atomic mass is 10.2. The first-order chi connectivity index (χ1) is 15.1. The first kappa shape index (κ1) is 21.4. The number of fused-ring (bicyclic) bond motifs is 1. The third-order valence-corrected chi connectivity index (χ3v) is 6.52. The van der Waals surface area contributed by atoms with Crippen molar-refractivity contribution in [1.29, 1.82) is 0 Å². The zero-order chi connectivity index (χ0) is 21.8. The Kier molecular flexibility index (Phi) is 6.57. The largest absolute Gasteiger partial charge is 0.497 e. The van der Waals surface area contributed by atoms with Gasteiger partial charge in [-0.2, -0.15) is 4.98 Å². The van der Waals surface area contributed by atoms with Gasteiger partial charge in [0.1, 0.15) is 16.2 Å². The maximum absolute atomic E-state index is 12.9. The van der Waals surface area contributed by atoms with Crippen LogP contribution < -0.4 is 15.0 Å². The first-order valence-corrected chi connectivity index (χ1v) is 11.7. The number of methoxy groups -OCH3 is 2. The summed E-state index contributed by atoms with van der Waals surface area (Å²) in [5.41, 5.74) is 1.46. The summed E-state index contributed by atoms with van der Waals surface area (Å²) < 4.78 is 18.5. The summed E-state index contributed by atoms with van der Waals surface area (Å²) in [7, 11) is 3.18. The maximum Gasteiger partial charge on any atom is 0.272 e. The molecule has 0 fully saturated rings. The number of hydrogen-bond acceptors (Lipinski definition) is 9.